The molecule has 0 atom stereocenters. The van der Waals surface area contributed by atoms with Crippen molar-refractivity contribution in [2.24, 2.45) is 0 Å². The SMILES string of the molecule is Cc1ccc(S(=O)(=O)O)cc1-c1ccc([N+](=O)[O-])cc1[N+](=O)[O-]. The molecule has 120 valence electrons. The highest BCUT2D eigenvalue weighted by atomic mass is 32.2. The quantitative estimate of drug-likeness (QED) is 0.513. The van der Waals surface area contributed by atoms with Gasteiger partial charge in [-0.25, -0.2) is 0 Å². The number of non-ortho nitro benzene ring substituents is 1. The highest BCUT2D eigenvalue weighted by molar-refractivity contribution is 7.85. The average Bonchev–Trinajstić information content (AvgIpc) is 2.45. The minimum Gasteiger partial charge on any atom is -0.282 e. The van der Waals surface area contributed by atoms with Crippen molar-refractivity contribution in [2.45, 2.75) is 11.8 Å². The summed E-state index contributed by atoms with van der Waals surface area (Å²) < 4.78 is 31.5. The largest absolute Gasteiger partial charge is 0.294 e. The molecule has 10 heteroatoms. The fourth-order valence-corrected chi connectivity index (χ4v) is 2.57. The molecule has 0 aliphatic rings. The van der Waals surface area contributed by atoms with Crippen LogP contribution < -0.4 is 0 Å². The molecule has 0 unspecified atom stereocenters. The molecule has 2 aromatic rings. The number of hydrogen-bond donors (Lipinski definition) is 1. The lowest BCUT2D eigenvalue weighted by atomic mass is 9.99. The summed E-state index contributed by atoms with van der Waals surface area (Å²) in [7, 11) is -4.48. The number of rotatable bonds is 4. The summed E-state index contributed by atoms with van der Waals surface area (Å²) >= 11 is 0. The van der Waals surface area contributed by atoms with E-state index in [0.717, 1.165) is 24.3 Å². The van der Waals surface area contributed by atoms with Crippen LogP contribution in [0.1, 0.15) is 5.56 Å². The van der Waals surface area contributed by atoms with Gasteiger partial charge in [-0.2, -0.15) is 8.42 Å². The number of hydrogen-bond acceptors (Lipinski definition) is 6. The van der Waals surface area contributed by atoms with Gasteiger partial charge in [-0.05, 0) is 36.2 Å². The second-order valence-corrected chi connectivity index (χ2v) is 6.09. The molecule has 0 radical (unpaired) electrons. The molecule has 0 heterocycles. The first-order valence-corrected chi connectivity index (χ1v) is 7.56. The van der Waals surface area contributed by atoms with Gasteiger partial charge in [0.2, 0.25) is 0 Å². The molecule has 0 bridgehead atoms. The van der Waals surface area contributed by atoms with Crippen LogP contribution in [0.4, 0.5) is 11.4 Å². The Morgan fingerprint density at radius 2 is 1.61 bits per heavy atom. The summed E-state index contributed by atoms with van der Waals surface area (Å²) in [6, 6.07) is 6.68. The number of benzene rings is 2. The van der Waals surface area contributed by atoms with E-state index in [0.29, 0.717) is 5.56 Å². The Hall–Kier alpha value is -2.85. The van der Waals surface area contributed by atoms with Gasteiger partial charge in [0.15, 0.2) is 0 Å². The molecular formula is C13H10N2O7S. The lowest BCUT2D eigenvalue weighted by Gasteiger charge is -2.08. The van der Waals surface area contributed by atoms with Gasteiger partial charge in [-0.15, -0.1) is 0 Å². The Morgan fingerprint density at radius 1 is 0.957 bits per heavy atom. The second-order valence-electron chi connectivity index (χ2n) is 4.67. The van der Waals surface area contributed by atoms with Crippen molar-refractivity contribution >= 4 is 21.5 Å². The van der Waals surface area contributed by atoms with E-state index < -0.39 is 36.2 Å². The van der Waals surface area contributed by atoms with Crippen LogP contribution in [0.15, 0.2) is 41.3 Å². The van der Waals surface area contributed by atoms with E-state index >= 15 is 0 Å². The zero-order valence-electron chi connectivity index (χ0n) is 11.7. The Morgan fingerprint density at radius 3 is 2.13 bits per heavy atom. The molecule has 0 saturated carbocycles. The minimum atomic E-state index is -4.48. The summed E-state index contributed by atoms with van der Waals surface area (Å²) in [5.41, 5.74) is -0.279. The Labute approximate surface area is 130 Å². The number of nitrogens with zero attached hydrogens (tertiary/aromatic N) is 2. The molecule has 9 nitrogen and oxygen atoms in total. The predicted octanol–water partition coefficient (Wildman–Crippen LogP) is 2.73. The standard InChI is InChI=1S/C13H10N2O7S/c1-8-2-4-10(23(20,21)22)7-12(8)11-5-3-9(14(16)17)6-13(11)15(18)19/h2-7H,1H3,(H,20,21,22). The molecule has 0 aliphatic carbocycles. The van der Waals surface area contributed by atoms with E-state index in [1.165, 1.54) is 12.1 Å². The van der Waals surface area contributed by atoms with E-state index in [1.54, 1.807) is 6.92 Å². The molecule has 0 saturated heterocycles. The van der Waals surface area contributed by atoms with Crippen molar-refractivity contribution in [2.75, 3.05) is 0 Å². The van der Waals surface area contributed by atoms with Crippen molar-refractivity contribution in [3.05, 3.63) is 62.2 Å². The molecule has 1 N–H and O–H groups in total. The first-order chi connectivity index (χ1) is 10.6. The smallest absolute Gasteiger partial charge is 0.282 e. The number of nitro groups is 2. The highest BCUT2D eigenvalue weighted by Crippen LogP contribution is 2.35. The molecular weight excluding hydrogens is 328 g/mol. The van der Waals surface area contributed by atoms with Gasteiger partial charge >= 0.3 is 0 Å². The van der Waals surface area contributed by atoms with E-state index in [9.17, 15) is 28.6 Å². The lowest BCUT2D eigenvalue weighted by Crippen LogP contribution is -2.00. The highest BCUT2D eigenvalue weighted by Gasteiger charge is 2.22. The van der Waals surface area contributed by atoms with Crippen LogP contribution in [0.25, 0.3) is 11.1 Å². The predicted molar refractivity (Wildman–Crippen MR) is 79.7 cm³/mol. The van der Waals surface area contributed by atoms with Crippen LogP contribution in [0.5, 0.6) is 0 Å². The zero-order valence-corrected chi connectivity index (χ0v) is 12.5. The minimum absolute atomic E-state index is 0.0172. The zero-order chi connectivity index (χ0) is 17.4. The summed E-state index contributed by atoms with van der Waals surface area (Å²) in [5, 5.41) is 21.9. The number of nitro benzene ring substituents is 2. The monoisotopic (exact) mass is 338 g/mol. The second kappa shape index (κ2) is 5.74. The van der Waals surface area contributed by atoms with Crippen LogP contribution in [-0.2, 0) is 10.1 Å². The molecule has 2 aromatic carbocycles. The molecule has 0 aliphatic heterocycles. The summed E-state index contributed by atoms with van der Waals surface area (Å²) in [6.07, 6.45) is 0. The Bertz CT molecular complexity index is 922. The van der Waals surface area contributed by atoms with E-state index in [-0.39, 0.29) is 11.1 Å². The van der Waals surface area contributed by atoms with Crippen LogP contribution >= 0.6 is 0 Å². The fourth-order valence-electron chi connectivity index (χ4n) is 2.06. The van der Waals surface area contributed by atoms with Gasteiger partial charge in [0, 0.05) is 6.07 Å². The van der Waals surface area contributed by atoms with E-state index in [1.807, 2.05) is 0 Å². The van der Waals surface area contributed by atoms with Crippen molar-refractivity contribution in [3.8, 4) is 11.1 Å². The van der Waals surface area contributed by atoms with Gasteiger partial charge in [0.25, 0.3) is 21.5 Å². The van der Waals surface area contributed by atoms with Crippen molar-refractivity contribution < 1.29 is 22.8 Å². The van der Waals surface area contributed by atoms with Crippen molar-refractivity contribution in [1.29, 1.82) is 0 Å². The lowest BCUT2D eigenvalue weighted by molar-refractivity contribution is -0.393. The van der Waals surface area contributed by atoms with Crippen molar-refractivity contribution in [1.82, 2.24) is 0 Å². The third-order valence-corrected chi connectivity index (χ3v) is 4.04. The molecule has 0 aromatic heterocycles. The van der Waals surface area contributed by atoms with Gasteiger partial charge < -0.3 is 0 Å². The van der Waals surface area contributed by atoms with Gasteiger partial charge in [-0.1, -0.05) is 6.07 Å². The summed E-state index contributed by atoms with van der Waals surface area (Å²) in [6.45, 7) is 1.59. The van der Waals surface area contributed by atoms with E-state index in [4.69, 9.17) is 4.55 Å². The maximum atomic E-state index is 11.2. The summed E-state index contributed by atoms with van der Waals surface area (Å²) in [5.74, 6) is 0. The van der Waals surface area contributed by atoms with Gasteiger partial charge in [0.1, 0.15) is 0 Å². The molecule has 2 rings (SSSR count). The first kappa shape index (κ1) is 16.5. The van der Waals surface area contributed by atoms with Crippen LogP contribution in [0.2, 0.25) is 0 Å². The maximum absolute atomic E-state index is 11.2. The normalized spacial score (nSPS) is 11.2. The third-order valence-electron chi connectivity index (χ3n) is 3.19. The average molecular weight is 338 g/mol. The summed E-state index contributed by atoms with van der Waals surface area (Å²) in [4.78, 5) is 19.9. The maximum Gasteiger partial charge on any atom is 0.294 e. The van der Waals surface area contributed by atoms with Crippen LogP contribution in [0.3, 0.4) is 0 Å². The van der Waals surface area contributed by atoms with Crippen LogP contribution in [-0.4, -0.2) is 22.8 Å². The number of aryl methyl sites for hydroxylation is 1. The third kappa shape index (κ3) is 3.33. The fraction of sp³-hybridized carbons (Fsp3) is 0.0769. The molecule has 23 heavy (non-hydrogen) atoms. The van der Waals surface area contributed by atoms with Gasteiger partial charge in [0.05, 0.1) is 26.4 Å². The van der Waals surface area contributed by atoms with Gasteiger partial charge in [-0.3, -0.25) is 24.8 Å². The first-order valence-electron chi connectivity index (χ1n) is 6.12. The van der Waals surface area contributed by atoms with Crippen molar-refractivity contribution in [3.63, 3.8) is 0 Å². The van der Waals surface area contributed by atoms with Crippen LogP contribution in [0, 0.1) is 27.2 Å². The topological polar surface area (TPSA) is 141 Å². The van der Waals surface area contributed by atoms with E-state index in [2.05, 4.69) is 0 Å². The Balaban J connectivity index is 2.76. The molecule has 0 spiro atoms. The Kier molecular flexibility index (Phi) is 4.12. The molecule has 0 amide bonds. The molecule has 0 fully saturated rings.